The van der Waals surface area contributed by atoms with Crippen LogP contribution in [0.25, 0.3) is 10.8 Å². The van der Waals surface area contributed by atoms with Gasteiger partial charge in [-0.2, -0.15) is 0 Å². The van der Waals surface area contributed by atoms with Crippen molar-refractivity contribution in [1.82, 2.24) is 9.88 Å². The number of rotatable bonds is 5. The third-order valence-electron chi connectivity index (χ3n) is 3.71. The van der Waals surface area contributed by atoms with Crippen molar-refractivity contribution in [2.75, 3.05) is 14.1 Å². The van der Waals surface area contributed by atoms with Gasteiger partial charge in [-0.1, -0.05) is 18.2 Å². The SMILES string of the molecule is CC(=O)O.CN(C)Cc1nc(C(N)=O)c(O)c2ccc(Oc3ccccc3)cc12. The molecule has 0 aliphatic carbocycles. The zero-order valence-corrected chi connectivity index (χ0v) is 16.4. The number of aliphatic carboxylic acids is 1. The highest BCUT2D eigenvalue weighted by atomic mass is 16.5. The molecule has 0 aliphatic heterocycles. The Bertz CT molecular complexity index is 1020. The van der Waals surface area contributed by atoms with E-state index in [1.54, 1.807) is 18.2 Å². The average Bonchev–Trinajstić information content (AvgIpc) is 2.64. The molecule has 29 heavy (non-hydrogen) atoms. The number of para-hydroxylation sites is 1. The van der Waals surface area contributed by atoms with Crippen molar-refractivity contribution in [3.63, 3.8) is 0 Å². The number of nitrogens with two attached hydrogens (primary N) is 1. The molecular weight excluding hydrogens is 374 g/mol. The fourth-order valence-corrected chi connectivity index (χ4v) is 2.62. The Labute approximate surface area is 168 Å². The Hall–Kier alpha value is -3.65. The fraction of sp³-hybridized carbons (Fsp3) is 0.190. The Kier molecular flexibility index (Phi) is 7.10. The van der Waals surface area contributed by atoms with Crippen LogP contribution in [0.5, 0.6) is 17.2 Å². The summed E-state index contributed by atoms with van der Waals surface area (Å²) < 4.78 is 5.85. The first-order chi connectivity index (χ1) is 13.7. The van der Waals surface area contributed by atoms with Crippen LogP contribution in [-0.2, 0) is 11.3 Å². The number of primary amides is 1. The Morgan fingerprint density at radius 3 is 2.24 bits per heavy atom. The number of carbonyl (C=O) groups excluding carboxylic acids is 1. The highest BCUT2D eigenvalue weighted by molar-refractivity contribution is 6.02. The number of ether oxygens (including phenoxy) is 1. The molecule has 0 spiro atoms. The quantitative estimate of drug-likeness (QED) is 0.604. The topological polar surface area (TPSA) is 126 Å². The van der Waals surface area contributed by atoms with Gasteiger partial charge < -0.3 is 25.6 Å². The van der Waals surface area contributed by atoms with Gasteiger partial charge >= 0.3 is 0 Å². The standard InChI is InChI=1S/C19H19N3O3.C2H4O2/c1-22(2)11-16-15-10-13(25-12-6-4-3-5-7-12)8-9-14(15)18(23)17(21-16)19(20)24;1-2(3)4/h3-10,23H,11H2,1-2H3,(H2,20,24);1H3,(H,3,4). The normalized spacial score (nSPS) is 10.3. The van der Waals surface area contributed by atoms with Crippen LogP contribution >= 0.6 is 0 Å². The molecule has 3 rings (SSSR count). The van der Waals surface area contributed by atoms with Crippen LogP contribution in [0.1, 0.15) is 23.1 Å². The maximum Gasteiger partial charge on any atom is 0.300 e. The van der Waals surface area contributed by atoms with Crippen molar-refractivity contribution in [3.8, 4) is 17.2 Å². The molecule has 0 unspecified atom stereocenters. The number of hydrogen-bond donors (Lipinski definition) is 3. The van der Waals surface area contributed by atoms with E-state index in [0.29, 0.717) is 34.5 Å². The van der Waals surface area contributed by atoms with E-state index in [9.17, 15) is 9.90 Å². The van der Waals surface area contributed by atoms with Gasteiger partial charge in [-0.15, -0.1) is 0 Å². The fourth-order valence-electron chi connectivity index (χ4n) is 2.62. The molecule has 2 aromatic carbocycles. The van der Waals surface area contributed by atoms with Crippen LogP contribution in [0.4, 0.5) is 0 Å². The highest BCUT2D eigenvalue weighted by Crippen LogP contribution is 2.34. The van der Waals surface area contributed by atoms with Gasteiger partial charge in [0.2, 0.25) is 0 Å². The third-order valence-corrected chi connectivity index (χ3v) is 3.71. The zero-order chi connectivity index (χ0) is 21.6. The Morgan fingerprint density at radius 2 is 1.69 bits per heavy atom. The summed E-state index contributed by atoms with van der Waals surface area (Å²) in [6.45, 7) is 1.58. The lowest BCUT2D eigenvalue weighted by molar-refractivity contribution is -0.134. The Morgan fingerprint density at radius 1 is 1.07 bits per heavy atom. The maximum atomic E-state index is 11.6. The molecule has 8 heteroatoms. The molecule has 1 heterocycles. The van der Waals surface area contributed by atoms with Crippen molar-refractivity contribution in [2.24, 2.45) is 5.73 Å². The molecule has 0 radical (unpaired) electrons. The maximum absolute atomic E-state index is 11.6. The van der Waals surface area contributed by atoms with Gasteiger partial charge in [0.15, 0.2) is 11.4 Å². The molecule has 8 nitrogen and oxygen atoms in total. The minimum Gasteiger partial charge on any atom is -0.505 e. The lowest BCUT2D eigenvalue weighted by Crippen LogP contribution is -2.18. The summed E-state index contributed by atoms with van der Waals surface area (Å²) >= 11 is 0. The van der Waals surface area contributed by atoms with Gasteiger partial charge in [-0.25, -0.2) is 4.98 Å². The first kappa shape index (κ1) is 21.6. The van der Waals surface area contributed by atoms with Crippen molar-refractivity contribution in [2.45, 2.75) is 13.5 Å². The number of pyridine rings is 1. The van der Waals surface area contributed by atoms with Crippen molar-refractivity contribution in [3.05, 3.63) is 59.9 Å². The third kappa shape index (κ3) is 5.91. The summed E-state index contributed by atoms with van der Waals surface area (Å²) in [7, 11) is 3.79. The molecule has 0 atom stereocenters. The second-order valence-electron chi connectivity index (χ2n) is 6.50. The van der Waals surface area contributed by atoms with Crippen LogP contribution in [0.3, 0.4) is 0 Å². The summed E-state index contributed by atoms with van der Waals surface area (Å²) in [5.41, 5.74) is 5.86. The number of carbonyl (C=O) groups is 2. The molecule has 0 fully saturated rings. The number of nitrogens with zero attached hydrogens (tertiary/aromatic N) is 2. The van der Waals surface area contributed by atoms with E-state index in [1.165, 1.54) is 0 Å². The number of aromatic nitrogens is 1. The average molecular weight is 397 g/mol. The number of fused-ring (bicyclic) bond motifs is 1. The van der Waals surface area contributed by atoms with Crippen molar-refractivity contribution in [1.29, 1.82) is 0 Å². The molecule has 0 aliphatic rings. The monoisotopic (exact) mass is 397 g/mol. The van der Waals surface area contributed by atoms with E-state index in [1.807, 2.05) is 49.3 Å². The largest absolute Gasteiger partial charge is 0.505 e. The number of amides is 1. The lowest BCUT2D eigenvalue weighted by Gasteiger charge is -2.15. The molecule has 0 saturated heterocycles. The van der Waals surface area contributed by atoms with Gasteiger partial charge in [-0.05, 0) is 44.4 Å². The minimum absolute atomic E-state index is 0.124. The molecule has 1 aromatic heterocycles. The molecule has 3 aromatic rings. The molecule has 0 saturated carbocycles. The lowest BCUT2D eigenvalue weighted by atomic mass is 10.1. The molecular formula is C21H23N3O5. The van der Waals surface area contributed by atoms with E-state index in [-0.39, 0.29) is 11.4 Å². The molecule has 0 bridgehead atoms. The second kappa shape index (κ2) is 9.52. The van der Waals surface area contributed by atoms with E-state index in [4.69, 9.17) is 20.4 Å². The summed E-state index contributed by atoms with van der Waals surface area (Å²) in [6, 6.07) is 14.7. The molecule has 4 N–H and O–H groups in total. The number of aromatic hydroxyl groups is 1. The van der Waals surface area contributed by atoms with Crippen LogP contribution in [-0.4, -0.2) is 46.1 Å². The minimum atomic E-state index is -0.833. The van der Waals surface area contributed by atoms with Gasteiger partial charge in [0.05, 0.1) is 5.69 Å². The number of carboxylic acids is 1. The number of hydrogen-bond acceptors (Lipinski definition) is 6. The predicted octanol–water partition coefficient (Wildman–Crippen LogP) is 2.98. The van der Waals surface area contributed by atoms with E-state index < -0.39 is 11.9 Å². The van der Waals surface area contributed by atoms with Gasteiger partial charge in [0, 0.05) is 24.2 Å². The summed E-state index contributed by atoms with van der Waals surface area (Å²) in [5, 5.41) is 19.0. The van der Waals surface area contributed by atoms with Crippen LogP contribution in [0.15, 0.2) is 48.5 Å². The van der Waals surface area contributed by atoms with Crippen LogP contribution in [0.2, 0.25) is 0 Å². The van der Waals surface area contributed by atoms with Crippen LogP contribution in [0, 0.1) is 0 Å². The van der Waals surface area contributed by atoms with Gasteiger partial charge in [-0.3, -0.25) is 9.59 Å². The zero-order valence-electron chi connectivity index (χ0n) is 16.4. The van der Waals surface area contributed by atoms with E-state index in [2.05, 4.69) is 4.98 Å². The summed E-state index contributed by atoms with van der Waals surface area (Å²) in [4.78, 5) is 26.8. The van der Waals surface area contributed by atoms with E-state index >= 15 is 0 Å². The summed E-state index contributed by atoms with van der Waals surface area (Å²) in [5.74, 6) is -0.478. The van der Waals surface area contributed by atoms with Crippen molar-refractivity contribution >= 4 is 22.6 Å². The number of benzene rings is 2. The van der Waals surface area contributed by atoms with Gasteiger partial charge in [0.25, 0.3) is 11.9 Å². The van der Waals surface area contributed by atoms with Crippen LogP contribution < -0.4 is 10.5 Å². The predicted molar refractivity (Wildman–Crippen MR) is 109 cm³/mol. The first-order valence-electron chi connectivity index (χ1n) is 8.71. The second-order valence-corrected chi connectivity index (χ2v) is 6.50. The van der Waals surface area contributed by atoms with Crippen molar-refractivity contribution < 1.29 is 24.5 Å². The highest BCUT2D eigenvalue weighted by Gasteiger charge is 2.18. The van der Waals surface area contributed by atoms with Gasteiger partial charge in [0.1, 0.15) is 11.5 Å². The summed E-state index contributed by atoms with van der Waals surface area (Å²) in [6.07, 6.45) is 0. The molecule has 152 valence electrons. The Balaban J connectivity index is 0.000000687. The smallest absolute Gasteiger partial charge is 0.300 e. The first-order valence-corrected chi connectivity index (χ1v) is 8.71. The number of carboxylic acid groups (broad SMARTS) is 1. The van der Waals surface area contributed by atoms with E-state index in [0.717, 1.165) is 6.92 Å². The molecule has 1 amide bonds.